The Bertz CT molecular complexity index is 342. The Morgan fingerprint density at radius 3 is 2.20 bits per heavy atom. The van der Waals surface area contributed by atoms with Crippen molar-refractivity contribution in [3.63, 3.8) is 0 Å². The molecule has 116 valence electrons. The number of halogens is 1. The summed E-state index contributed by atoms with van der Waals surface area (Å²) in [7, 11) is 0. The Kier molecular flexibility index (Phi) is 4.57. The molecule has 2 rings (SSSR count). The van der Waals surface area contributed by atoms with E-state index in [0.717, 1.165) is 32.2 Å². The Morgan fingerprint density at radius 1 is 1.25 bits per heavy atom. The average molecular weight is 286 g/mol. The zero-order valence-electron chi connectivity index (χ0n) is 12.8. The predicted octanol–water partition coefficient (Wildman–Crippen LogP) is 2.98. The fourth-order valence-electron chi connectivity index (χ4n) is 3.60. The Labute approximate surface area is 120 Å². The van der Waals surface area contributed by atoms with E-state index in [2.05, 4.69) is 4.90 Å². The molecular weight excluding hydrogens is 259 g/mol. The van der Waals surface area contributed by atoms with Crippen molar-refractivity contribution >= 4 is 6.09 Å². The maximum atomic E-state index is 12.8. The van der Waals surface area contributed by atoms with Gasteiger partial charge in [-0.25, -0.2) is 9.18 Å². The largest absolute Gasteiger partial charge is 0.465 e. The van der Waals surface area contributed by atoms with Crippen LogP contribution in [0.4, 0.5) is 9.18 Å². The number of carboxylic acid groups (broad SMARTS) is 1. The number of alkyl halides is 1. The smallest absolute Gasteiger partial charge is 0.407 e. The molecule has 0 spiro atoms. The maximum Gasteiger partial charge on any atom is 0.407 e. The third kappa shape index (κ3) is 3.62. The first-order valence-electron chi connectivity index (χ1n) is 7.66. The molecule has 1 heterocycles. The van der Waals surface area contributed by atoms with Gasteiger partial charge < -0.3 is 10.0 Å². The Hall–Kier alpha value is -0.840. The Balaban J connectivity index is 1.82. The third-order valence-corrected chi connectivity index (χ3v) is 4.54. The van der Waals surface area contributed by atoms with Crippen molar-refractivity contribution in [2.45, 2.75) is 64.2 Å². The Morgan fingerprint density at radius 2 is 1.80 bits per heavy atom. The van der Waals surface area contributed by atoms with Crippen LogP contribution in [0, 0.1) is 5.92 Å². The second-order valence-corrected chi connectivity index (χ2v) is 7.31. The van der Waals surface area contributed by atoms with Gasteiger partial charge in [-0.2, -0.15) is 0 Å². The molecule has 0 aromatic heterocycles. The van der Waals surface area contributed by atoms with Crippen molar-refractivity contribution in [2.24, 2.45) is 5.92 Å². The van der Waals surface area contributed by atoms with Crippen LogP contribution in [-0.2, 0) is 0 Å². The van der Waals surface area contributed by atoms with Gasteiger partial charge in [0.2, 0.25) is 0 Å². The summed E-state index contributed by atoms with van der Waals surface area (Å²) in [5.74, 6) is 0.606. The minimum atomic E-state index is -0.816. The van der Waals surface area contributed by atoms with Crippen LogP contribution in [0.2, 0.25) is 0 Å². The molecule has 0 bridgehead atoms. The molecule has 20 heavy (non-hydrogen) atoms. The van der Waals surface area contributed by atoms with Crippen LogP contribution >= 0.6 is 0 Å². The first-order chi connectivity index (χ1) is 9.27. The van der Waals surface area contributed by atoms with Crippen LogP contribution in [0.15, 0.2) is 0 Å². The monoisotopic (exact) mass is 286 g/mol. The highest BCUT2D eigenvalue weighted by Crippen LogP contribution is 2.32. The topological polar surface area (TPSA) is 43.8 Å². The van der Waals surface area contributed by atoms with Gasteiger partial charge in [0.15, 0.2) is 0 Å². The van der Waals surface area contributed by atoms with Gasteiger partial charge in [0.25, 0.3) is 0 Å². The van der Waals surface area contributed by atoms with E-state index < -0.39 is 12.3 Å². The average Bonchev–Trinajstić information content (AvgIpc) is 2.27. The van der Waals surface area contributed by atoms with E-state index in [9.17, 15) is 14.3 Å². The van der Waals surface area contributed by atoms with Crippen molar-refractivity contribution in [1.29, 1.82) is 0 Å². The lowest BCUT2D eigenvalue weighted by Crippen LogP contribution is -2.53. The molecule has 1 saturated heterocycles. The number of carbonyl (C=O) groups is 1. The lowest BCUT2D eigenvalue weighted by molar-refractivity contribution is 0.0256. The first kappa shape index (κ1) is 15.5. The van der Waals surface area contributed by atoms with Crippen LogP contribution in [0.25, 0.3) is 0 Å². The molecule has 0 radical (unpaired) electrons. The van der Waals surface area contributed by atoms with Crippen LogP contribution in [0.1, 0.15) is 46.5 Å². The number of amides is 1. The van der Waals surface area contributed by atoms with Gasteiger partial charge in [-0.05, 0) is 52.4 Å². The zero-order valence-corrected chi connectivity index (χ0v) is 12.8. The number of hydrogen-bond acceptors (Lipinski definition) is 2. The quantitative estimate of drug-likeness (QED) is 0.867. The van der Waals surface area contributed by atoms with E-state index in [1.54, 1.807) is 4.90 Å². The lowest BCUT2D eigenvalue weighted by Gasteiger charge is -2.44. The summed E-state index contributed by atoms with van der Waals surface area (Å²) in [4.78, 5) is 15.3. The van der Waals surface area contributed by atoms with Gasteiger partial charge in [-0.15, -0.1) is 0 Å². The van der Waals surface area contributed by atoms with E-state index in [4.69, 9.17) is 0 Å². The number of likely N-dealkylation sites (tertiary alicyclic amines) is 1. The third-order valence-electron chi connectivity index (χ3n) is 4.54. The van der Waals surface area contributed by atoms with E-state index >= 15 is 0 Å². The van der Waals surface area contributed by atoms with E-state index in [0.29, 0.717) is 19.0 Å². The van der Waals surface area contributed by atoms with Crippen molar-refractivity contribution in [3.8, 4) is 0 Å². The number of rotatable bonds is 3. The highest BCUT2D eigenvalue weighted by Gasteiger charge is 2.36. The molecule has 0 atom stereocenters. The van der Waals surface area contributed by atoms with Crippen LogP contribution in [-0.4, -0.2) is 58.4 Å². The molecule has 1 N–H and O–H groups in total. The van der Waals surface area contributed by atoms with Gasteiger partial charge >= 0.3 is 6.09 Å². The summed E-state index contributed by atoms with van der Waals surface area (Å²) in [5, 5.41) is 9.42. The van der Waals surface area contributed by atoms with Crippen molar-refractivity contribution in [2.75, 3.05) is 19.6 Å². The lowest BCUT2D eigenvalue weighted by atomic mass is 9.83. The van der Waals surface area contributed by atoms with Gasteiger partial charge in [0.1, 0.15) is 6.17 Å². The normalized spacial score (nSPS) is 29.0. The molecule has 0 unspecified atom stereocenters. The maximum absolute atomic E-state index is 12.8. The molecular formula is C15H27FN2O2. The zero-order chi connectivity index (χ0) is 14.9. The SMILES string of the molecule is CC(C)(C)N(C(=O)O)C1CCC(CN2CC(F)C2)CC1. The summed E-state index contributed by atoms with van der Waals surface area (Å²) < 4.78 is 12.8. The molecule has 2 aliphatic rings. The molecule has 2 fully saturated rings. The van der Waals surface area contributed by atoms with Gasteiger partial charge in [-0.3, -0.25) is 4.90 Å². The molecule has 0 aromatic carbocycles. The van der Waals surface area contributed by atoms with E-state index in [1.807, 2.05) is 20.8 Å². The van der Waals surface area contributed by atoms with Crippen molar-refractivity contribution in [1.82, 2.24) is 9.80 Å². The molecule has 1 amide bonds. The molecule has 1 saturated carbocycles. The molecule has 4 nitrogen and oxygen atoms in total. The number of hydrogen-bond donors (Lipinski definition) is 1. The minimum Gasteiger partial charge on any atom is -0.465 e. The standard InChI is InChI=1S/C15H27FN2O2/c1-15(2,3)18(14(19)20)13-6-4-11(5-7-13)8-17-9-12(16)10-17/h11-13H,4-10H2,1-3H3,(H,19,20). The van der Waals surface area contributed by atoms with Gasteiger partial charge in [-0.1, -0.05) is 0 Å². The highest BCUT2D eigenvalue weighted by molar-refractivity contribution is 5.66. The van der Waals surface area contributed by atoms with Gasteiger partial charge in [0.05, 0.1) is 0 Å². The summed E-state index contributed by atoms with van der Waals surface area (Å²) in [5.41, 5.74) is -0.345. The molecule has 5 heteroatoms. The highest BCUT2D eigenvalue weighted by atomic mass is 19.1. The summed E-state index contributed by atoms with van der Waals surface area (Å²) >= 11 is 0. The van der Waals surface area contributed by atoms with E-state index in [1.165, 1.54) is 0 Å². The van der Waals surface area contributed by atoms with E-state index in [-0.39, 0.29) is 11.6 Å². The van der Waals surface area contributed by atoms with Crippen LogP contribution in [0.5, 0.6) is 0 Å². The molecule has 1 aliphatic carbocycles. The second kappa shape index (κ2) is 5.88. The first-order valence-corrected chi connectivity index (χ1v) is 7.66. The van der Waals surface area contributed by atoms with Crippen molar-refractivity contribution < 1.29 is 14.3 Å². The summed E-state index contributed by atoms with van der Waals surface area (Å²) in [6.07, 6.45) is 2.52. The molecule has 0 aromatic rings. The number of nitrogens with zero attached hydrogens (tertiary/aromatic N) is 2. The summed E-state index contributed by atoms with van der Waals surface area (Å²) in [6, 6.07) is 0.133. The fraction of sp³-hybridized carbons (Fsp3) is 0.933. The van der Waals surface area contributed by atoms with Gasteiger partial charge in [0, 0.05) is 31.2 Å². The fourth-order valence-corrected chi connectivity index (χ4v) is 3.60. The van der Waals surface area contributed by atoms with Crippen molar-refractivity contribution in [3.05, 3.63) is 0 Å². The van der Waals surface area contributed by atoms with Crippen LogP contribution in [0.3, 0.4) is 0 Å². The second-order valence-electron chi connectivity index (χ2n) is 7.31. The van der Waals surface area contributed by atoms with Crippen LogP contribution < -0.4 is 0 Å². The predicted molar refractivity (Wildman–Crippen MR) is 76.7 cm³/mol. The summed E-state index contributed by atoms with van der Waals surface area (Å²) in [6.45, 7) is 8.01. The minimum absolute atomic E-state index is 0.133. The molecule has 1 aliphatic heterocycles.